The second-order valence-corrected chi connectivity index (χ2v) is 8.03. The number of carbonyl (C=O) groups excluding carboxylic acids is 1. The number of amides is 1. The van der Waals surface area contributed by atoms with Crippen LogP contribution in [0, 0.1) is 17.0 Å². The van der Waals surface area contributed by atoms with Gasteiger partial charge in [0, 0.05) is 30.8 Å². The number of nitro groups is 1. The Bertz CT molecular complexity index is 1090. The van der Waals surface area contributed by atoms with E-state index in [1.54, 1.807) is 18.1 Å². The molecule has 0 unspecified atom stereocenters. The van der Waals surface area contributed by atoms with E-state index in [0.29, 0.717) is 29.5 Å². The number of nitro benzene ring substituents is 1. The standard InChI is InChI=1S/C22H26N4O4S/c1-5-24(6-2)12-13-25(21(27)16-8-7-9-17(14-16)26(28)29)22-23-19-18(30-4)11-10-15(3)20(19)31-22/h7-11,14H,5-6,12-13H2,1-4H3. The number of carbonyl (C=O) groups is 1. The molecular formula is C22H26N4O4S. The fourth-order valence-electron chi connectivity index (χ4n) is 3.35. The van der Waals surface area contributed by atoms with Crippen LogP contribution in [0.2, 0.25) is 0 Å². The van der Waals surface area contributed by atoms with Crippen LogP contribution in [0.3, 0.4) is 0 Å². The van der Waals surface area contributed by atoms with E-state index >= 15 is 0 Å². The molecule has 2 aromatic carbocycles. The summed E-state index contributed by atoms with van der Waals surface area (Å²) in [5.41, 5.74) is 1.90. The lowest BCUT2D eigenvalue weighted by atomic mass is 10.2. The van der Waals surface area contributed by atoms with Crippen LogP contribution in [-0.4, -0.2) is 54.0 Å². The molecule has 0 spiro atoms. The molecule has 3 rings (SSSR count). The highest BCUT2D eigenvalue weighted by Crippen LogP contribution is 2.37. The first-order valence-electron chi connectivity index (χ1n) is 10.1. The van der Waals surface area contributed by atoms with Crippen molar-refractivity contribution in [3.63, 3.8) is 0 Å². The van der Waals surface area contributed by atoms with Gasteiger partial charge in [-0.1, -0.05) is 37.3 Å². The van der Waals surface area contributed by atoms with Crippen molar-refractivity contribution in [3.8, 4) is 5.75 Å². The molecular weight excluding hydrogens is 416 g/mol. The summed E-state index contributed by atoms with van der Waals surface area (Å²) in [5, 5.41) is 11.7. The molecule has 1 aromatic heterocycles. The van der Waals surface area contributed by atoms with Gasteiger partial charge in [-0.25, -0.2) is 4.98 Å². The van der Waals surface area contributed by atoms with Crippen LogP contribution in [0.25, 0.3) is 10.2 Å². The number of benzene rings is 2. The predicted octanol–water partition coefficient (Wildman–Crippen LogP) is 4.51. The highest BCUT2D eigenvalue weighted by Gasteiger charge is 2.24. The van der Waals surface area contributed by atoms with Gasteiger partial charge >= 0.3 is 0 Å². The van der Waals surface area contributed by atoms with Crippen LogP contribution in [-0.2, 0) is 0 Å². The first-order valence-corrected chi connectivity index (χ1v) is 10.9. The minimum Gasteiger partial charge on any atom is -0.494 e. The van der Waals surface area contributed by atoms with Crippen molar-refractivity contribution in [1.82, 2.24) is 9.88 Å². The number of anilines is 1. The number of thiazole rings is 1. The third kappa shape index (κ3) is 4.83. The maximum absolute atomic E-state index is 13.4. The van der Waals surface area contributed by atoms with E-state index in [1.807, 2.05) is 19.1 Å². The van der Waals surface area contributed by atoms with Crippen molar-refractivity contribution in [2.24, 2.45) is 0 Å². The molecule has 0 bridgehead atoms. The molecule has 0 fully saturated rings. The lowest BCUT2D eigenvalue weighted by Gasteiger charge is -2.24. The first-order chi connectivity index (χ1) is 14.9. The molecule has 0 radical (unpaired) electrons. The van der Waals surface area contributed by atoms with Crippen molar-refractivity contribution >= 4 is 38.3 Å². The number of aromatic nitrogens is 1. The smallest absolute Gasteiger partial charge is 0.270 e. The molecule has 0 aliphatic heterocycles. The van der Waals surface area contributed by atoms with Crippen LogP contribution in [0.15, 0.2) is 36.4 Å². The summed E-state index contributed by atoms with van der Waals surface area (Å²) >= 11 is 1.42. The van der Waals surface area contributed by atoms with Gasteiger partial charge in [-0.05, 0) is 37.7 Å². The number of nitrogens with zero attached hydrogens (tertiary/aromatic N) is 4. The van der Waals surface area contributed by atoms with Crippen molar-refractivity contribution in [2.75, 3.05) is 38.2 Å². The number of hydrogen-bond acceptors (Lipinski definition) is 7. The molecule has 0 saturated heterocycles. The summed E-state index contributed by atoms with van der Waals surface area (Å²) in [6, 6.07) is 9.64. The highest BCUT2D eigenvalue weighted by molar-refractivity contribution is 7.22. The summed E-state index contributed by atoms with van der Waals surface area (Å²) < 4.78 is 6.41. The zero-order valence-electron chi connectivity index (χ0n) is 18.1. The number of fused-ring (bicyclic) bond motifs is 1. The Balaban J connectivity index is 2.05. The second kappa shape index (κ2) is 9.84. The van der Waals surface area contributed by atoms with Crippen molar-refractivity contribution in [2.45, 2.75) is 20.8 Å². The van der Waals surface area contributed by atoms with Gasteiger partial charge < -0.3 is 9.64 Å². The Morgan fingerprint density at radius 2 is 1.94 bits per heavy atom. The Labute approximate surface area is 185 Å². The maximum atomic E-state index is 13.4. The van der Waals surface area contributed by atoms with Crippen LogP contribution in [0.4, 0.5) is 10.8 Å². The van der Waals surface area contributed by atoms with Gasteiger partial charge in [-0.15, -0.1) is 0 Å². The van der Waals surface area contributed by atoms with Crippen molar-refractivity contribution in [1.29, 1.82) is 0 Å². The Morgan fingerprint density at radius 3 is 2.58 bits per heavy atom. The van der Waals surface area contributed by atoms with Gasteiger partial charge in [0.1, 0.15) is 11.3 Å². The SMILES string of the molecule is CCN(CC)CCN(C(=O)c1cccc([N+](=O)[O-])c1)c1nc2c(OC)ccc(C)c2s1. The van der Waals surface area contributed by atoms with E-state index in [1.165, 1.54) is 29.5 Å². The average Bonchev–Trinajstić information content (AvgIpc) is 3.23. The van der Waals surface area contributed by atoms with Gasteiger partial charge in [0.2, 0.25) is 0 Å². The molecule has 0 atom stereocenters. The predicted molar refractivity (Wildman–Crippen MR) is 123 cm³/mol. The molecule has 31 heavy (non-hydrogen) atoms. The number of likely N-dealkylation sites (N-methyl/N-ethyl adjacent to an activating group) is 1. The monoisotopic (exact) mass is 442 g/mol. The Kier molecular flexibility index (Phi) is 7.19. The molecule has 164 valence electrons. The molecule has 0 aliphatic rings. The third-order valence-corrected chi connectivity index (χ3v) is 6.44. The number of non-ortho nitro benzene ring substituents is 1. The van der Waals surface area contributed by atoms with Crippen LogP contribution in [0.1, 0.15) is 29.8 Å². The van der Waals surface area contributed by atoms with Gasteiger partial charge in [0.25, 0.3) is 11.6 Å². The fraction of sp³-hybridized carbons (Fsp3) is 0.364. The normalized spacial score (nSPS) is 11.1. The number of ether oxygens (including phenoxy) is 1. The van der Waals surface area contributed by atoms with Gasteiger partial charge in [0.15, 0.2) is 5.13 Å². The summed E-state index contributed by atoms with van der Waals surface area (Å²) in [5.74, 6) is 0.334. The molecule has 1 heterocycles. The lowest BCUT2D eigenvalue weighted by molar-refractivity contribution is -0.384. The molecule has 0 aliphatic carbocycles. The summed E-state index contributed by atoms with van der Waals surface area (Å²) in [6.45, 7) is 8.95. The average molecular weight is 443 g/mol. The van der Waals surface area contributed by atoms with Crippen molar-refractivity contribution < 1.29 is 14.5 Å². The molecule has 3 aromatic rings. The van der Waals surface area contributed by atoms with E-state index in [-0.39, 0.29) is 17.2 Å². The maximum Gasteiger partial charge on any atom is 0.270 e. The van der Waals surface area contributed by atoms with E-state index in [9.17, 15) is 14.9 Å². The van der Waals surface area contributed by atoms with Crippen LogP contribution < -0.4 is 9.64 Å². The lowest BCUT2D eigenvalue weighted by Crippen LogP contribution is -2.38. The Hall–Kier alpha value is -3.04. The van der Waals surface area contributed by atoms with Gasteiger partial charge in [-0.3, -0.25) is 19.8 Å². The van der Waals surface area contributed by atoms with Gasteiger partial charge in [-0.2, -0.15) is 0 Å². The van der Waals surface area contributed by atoms with Crippen LogP contribution in [0.5, 0.6) is 5.75 Å². The number of aryl methyl sites for hydroxylation is 1. The van der Waals surface area contributed by atoms with Crippen LogP contribution >= 0.6 is 11.3 Å². The van der Waals surface area contributed by atoms with Crippen molar-refractivity contribution in [3.05, 3.63) is 57.6 Å². The first kappa shape index (κ1) is 22.6. The summed E-state index contributed by atoms with van der Waals surface area (Å²) in [7, 11) is 1.59. The minimum atomic E-state index is -0.497. The highest BCUT2D eigenvalue weighted by atomic mass is 32.1. The Morgan fingerprint density at radius 1 is 1.19 bits per heavy atom. The quantitative estimate of drug-likeness (QED) is 0.358. The third-order valence-electron chi connectivity index (χ3n) is 5.23. The topological polar surface area (TPSA) is 88.8 Å². The molecule has 1 amide bonds. The van der Waals surface area contributed by atoms with E-state index < -0.39 is 4.92 Å². The number of methoxy groups -OCH3 is 1. The van der Waals surface area contributed by atoms with E-state index in [2.05, 4.69) is 18.7 Å². The van der Waals surface area contributed by atoms with Gasteiger partial charge in [0.05, 0.1) is 16.7 Å². The molecule has 8 nitrogen and oxygen atoms in total. The fourth-order valence-corrected chi connectivity index (χ4v) is 4.43. The largest absolute Gasteiger partial charge is 0.494 e. The zero-order valence-corrected chi connectivity index (χ0v) is 18.9. The molecule has 9 heteroatoms. The van der Waals surface area contributed by atoms with E-state index in [0.717, 1.165) is 23.4 Å². The summed E-state index contributed by atoms with van der Waals surface area (Å²) in [4.78, 5) is 32.7. The minimum absolute atomic E-state index is 0.114. The molecule has 0 saturated carbocycles. The molecule has 0 N–H and O–H groups in total. The summed E-state index contributed by atoms with van der Waals surface area (Å²) in [6.07, 6.45) is 0. The second-order valence-electron chi connectivity index (χ2n) is 7.05. The number of rotatable bonds is 9. The van der Waals surface area contributed by atoms with E-state index in [4.69, 9.17) is 9.72 Å². The zero-order chi connectivity index (χ0) is 22.5. The number of hydrogen-bond donors (Lipinski definition) is 0.